The quantitative estimate of drug-likeness (QED) is 0.899. The van der Waals surface area contributed by atoms with Crippen LogP contribution in [0.4, 0.5) is 5.69 Å². The van der Waals surface area contributed by atoms with E-state index in [1.165, 1.54) is 0 Å². The van der Waals surface area contributed by atoms with Gasteiger partial charge in [0.25, 0.3) is 0 Å². The zero-order valence-electron chi connectivity index (χ0n) is 13.3. The van der Waals surface area contributed by atoms with Crippen molar-refractivity contribution in [3.05, 3.63) is 30.6 Å². The normalized spacial score (nSPS) is 21.1. The standard InChI is InChI=1S/C16H21N5OS/c1-11-9-12(7-8-17-11)15(22)19-13-3-5-14(6-4-13)23-16-20-18-10-21(16)2/h3-6,10-12,17H,7-9H2,1-2H3,(H,19,22)/t11-,12-/m0/s1. The van der Waals surface area contributed by atoms with Gasteiger partial charge in [-0.25, -0.2) is 0 Å². The predicted molar refractivity (Wildman–Crippen MR) is 90.4 cm³/mol. The van der Waals surface area contributed by atoms with Gasteiger partial charge in [-0.15, -0.1) is 10.2 Å². The predicted octanol–water partition coefficient (Wildman–Crippen LogP) is 2.29. The number of hydrogen-bond donors (Lipinski definition) is 2. The van der Waals surface area contributed by atoms with Gasteiger partial charge in [-0.3, -0.25) is 4.79 Å². The molecule has 7 heteroatoms. The van der Waals surface area contributed by atoms with Crippen LogP contribution in [0.3, 0.4) is 0 Å². The number of rotatable bonds is 4. The topological polar surface area (TPSA) is 71.8 Å². The van der Waals surface area contributed by atoms with E-state index >= 15 is 0 Å². The number of benzene rings is 1. The molecule has 2 N–H and O–H groups in total. The number of nitrogens with zero attached hydrogens (tertiary/aromatic N) is 3. The smallest absolute Gasteiger partial charge is 0.227 e. The van der Waals surface area contributed by atoms with Crippen molar-refractivity contribution in [2.45, 2.75) is 35.9 Å². The summed E-state index contributed by atoms with van der Waals surface area (Å²) in [4.78, 5) is 13.4. The van der Waals surface area contributed by atoms with Gasteiger partial charge in [0.05, 0.1) is 0 Å². The number of aromatic nitrogens is 3. The molecule has 122 valence electrons. The summed E-state index contributed by atoms with van der Waals surface area (Å²) in [5.74, 6) is 0.214. The maximum absolute atomic E-state index is 12.3. The van der Waals surface area contributed by atoms with E-state index in [-0.39, 0.29) is 11.8 Å². The Hall–Kier alpha value is -1.86. The Kier molecular flexibility index (Phi) is 4.97. The van der Waals surface area contributed by atoms with Crippen molar-refractivity contribution >= 4 is 23.4 Å². The molecule has 1 fully saturated rings. The van der Waals surface area contributed by atoms with Gasteiger partial charge in [0.1, 0.15) is 6.33 Å². The molecule has 2 aromatic rings. The molecule has 0 radical (unpaired) electrons. The lowest BCUT2D eigenvalue weighted by Crippen LogP contribution is -2.40. The van der Waals surface area contributed by atoms with Crippen molar-refractivity contribution < 1.29 is 4.79 Å². The van der Waals surface area contributed by atoms with Crippen LogP contribution < -0.4 is 10.6 Å². The van der Waals surface area contributed by atoms with Gasteiger partial charge >= 0.3 is 0 Å². The van der Waals surface area contributed by atoms with Gasteiger partial charge < -0.3 is 15.2 Å². The second-order valence-corrected chi connectivity index (χ2v) is 6.96. The number of piperidine rings is 1. The van der Waals surface area contributed by atoms with Crippen molar-refractivity contribution in [3.8, 4) is 0 Å². The number of amides is 1. The summed E-state index contributed by atoms with van der Waals surface area (Å²) in [6, 6.07) is 8.24. The van der Waals surface area contributed by atoms with E-state index in [1.807, 2.05) is 35.9 Å². The number of nitrogens with one attached hydrogen (secondary N) is 2. The fraction of sp³-hybridized carbons (Fsp3) is 0.438. The molecule has 2 atom stereocenters. The number of carbonyl (C=O) groups excluding carboxylic acids is 1. The average Bonchev–Trinajstić information content (AvgIpc) is 2.94. The van der Waals surface area contributed by atoms with E-state index in [0.717, 1.165) is 35.1 Å². The molecule has 1 aromatic carbocycles. The molecule has 0 aliphatic carbocycles. The van der Waals surface area contributed by atoms with E-state index in [1.54, 1.807) is 18.1 Å². The minimum Gasteiger partial charge on any atom is -0.326 e. The summed E-state index contributed by atoms with van der Waals surface area (Å²) < 4.78 is 1.87. The third-order valence-corrected chi connectivity index (χ3v) is 5.06. The number of anilines is 1. The van der Waals surface area contributed by atoms with Crippen LogP contribution in [0.5, 0.6) is 0 Å². The zero-order chi connectivity index (χ0) is 16.2. The highest BCUT2D eigenvalue weighted by Gasteiger charge is 2.24. The van der Waals surface area contributed by atoms with Crippen molar-refractivity contribution in [2.75, 3.05) is 11.9 Å². The average molecular weight is 331 g/mol. The first-order valence-corrected chi connectivity index (χ1v) is 8.59. The molecule has 3 rings (SSSR count). The summed E-state index contributed by atoms with van der Waals surface area (Å²) in [5.41, 5.74) is 0.837. The third kappa shape index (κ3) is 4.11. The number of carbonyl (C=O) groups is 1. The van der Waals surface area contributed by atoms with Crippen LogP contribution in [0, 0.1) is 5.92 Å². The molecule has 1 aliphatic rings. The fourth-order valence-corrected chi connectivity index (χ4v) is 3.45. The van der Waals surface area contributed by atoms with Gasteiger partial charge in [0.15, 0.2) is 5.16 Å². The van der Waals surface area contributed by atoms with Crippen LogP contribution in [0.15, 0.2) is 40.6 Å². The molecule has 1 saturated heterocycles. The summed E-state index contributed by atoms with van der Waals surface area (Å²) in [5, 5.41) is 15.1. The Balaban J connectivity index is 1.59. The molecule has 2 heterocycles. The Morgan fingerprint density at radius 3 is 2.83 bits per heavy atom. The Morgan fingerprint density at radius 1 is 1.39 bits per heavy atom. The third-order valence-electron chi connectivity index (χ3n) is 4.00. The minimum atomic E-state index is 0.0962. The molecular weight excluding hydrogens is 310 g/mol. The van der Waals surface area contributed by atoms with E-state index in [9.17, 15) is 4.79 Å². The maximum atomic E-state index is 12.3. The first-order valence-electron chi connectivity index (χ1n) is 7.78. The highest BCUT2D eigenvalue weighted by molar-refractivity contribution is 7.99. The van der Waals surface area contributed by atoms with Gasteiger partial charge in [0.2, 0.25) is 5.91 Å². The van der Waals surface area contributed by atoms with Crippen molar-refractivity contribution in [1.29, 1.82) is 0 Å². The maximum Gasteiger partial charge on any atom is 0.227 e. The minimum absolute atomic E-state index is 0.0962. The molecule has 0 bridgehead atoms. The number of aryl methyl sites for hydroxylation is 1. The van der Waals surface area contributed by atoms with Crippen molar-refractivity contribution in [1.82, 2.24) is 20.1 Å². The SMILES string of the molecule is C[C@H]1C[C@@H](C(=O)Nc2ccc(Sc3nncn3C)cc2)CCN1. The summed E-state index contributed by atoms with van der Waals surface area (Å²) >= 11 is 1.55. The molecule has 0 saturated carbocycles. The first kappa shape index (κ1) is 16.0. The monoisotopic (exact) mass is 331 g/mol. The van der Waals surface area contributed by atoms with E-state index in [4.69, 9.17) is 0 Å². The lowest BCUT2D eigenvalue weighted by atomic mass is 9.92. The number of hydrogen-bond acceptors (Lipinski definition) is 5. The van der Waals surface area contributed by atoms with Crippen LogP contribution in [0.25, 0.3) is 0 Å². The Morgan fingerprint density at radius 2 is 2.17 bits per heavy atom. The van der Waals surface area contributed by atoms with Gasteiger partial charge in [0, 0.05) is 29.6 Å². The molecule has 1 aliphatic heterocycles. The highest BCUT2D eigenvalue weighted by atomic mass is 32.2. The fourth-order valence-electron chi connectivity index (χ4n) is 2.69. The highest BCUT2D eigenvalue weighted by Crippen LogP contribution is 2.26. The van der Waals surface area contributed by atoms with Gasteiger partial charge in [-0.05, 0) is 62.3 Å². The molecule has 0 spiro atoms. The summed E-state index contributed by atoms with van der Waals surface area (Å²) in [6.07, 6.45) is 3.47. The molecule has 6 nitrogen and oxygen atoms in total. The second-order valence-electron chi connectivity index (χ2n) is 5.92. The lowest BCUT2D eigenvalue weighted by molar-refractivity contribution is -0.120. The first-order chi connectivity index (χ1) is 11.1. The molecular formula is C16H21N5OS. The Bertz CT molecular complexity index is 669. The molecule has 23 heavy (non-hydrogen) atoms. The zero-order valence-corrected chi connectivity index (χ0v) is 14.1. The lowest BCUT2D eigenvalue weighted by Gasteiger charge is -2.27. The van der Waals surface area contributed by atoms with Crippen LogP contribution in [-0.2, 0) is 11.8 Å². The van der Waals surface area contributed by atoms with Gasteiger partial charge in [-0.2, -0.15) is 0 Å². The van der Waals surface area contributed by atoms with Crippen molar-refractivity contribution in [3.63, 3.8) is 0 Å². The van der Waals surface area contributed by atoms with E-state index in [0.29, 0.717) is 6.04 Å². The second kappa shape index (κ2) is 7.14. The van der Waals surface area contributed by atoms with Crippen LogP contribution in [0.2, 0.25) is 0 Å². The molecule has 1 amide bonds. The van der Waals surface area contributed by atoms with Crippen LogP contribution >= 0.6 is 11.8 Å². The van der Waals surface area contributed by atoms with E-state index < -0.39 is 0 Å². The largest absolute Gasteiger partial charge is 0.326 e. The van der Waals surface area contributed by atoms with Gasteiger partial charge in [-0.1, -0.05) is 0 Å². The summed E-state index contributed by atoms with van der Waals surface area (Å²) in [6.45, 7) is 3.03. The van der Waals surface area contributed by atoms with Crippen LogP contribution in [-0.4, -0.2) is 33.3 Å². The van der Waals surface area contributed by atoms with Crippen LogP contribution in [0.1, 0.15) is 19.8 Å². The van der Waals surface area contributed by atoms with Crippen molar-refractivity contribution in [2.24, 2.45) is 13.0 Å². The molecule has 1 aromatic heterocycles. The summed E-state index contributed by atoms with van der Waals surface area (Å²) in [7, 11) is 1.91. The Labute approximate surface area is 140 Å². The van der Waals surface area contributed by atoms with E-state index in [2.05, 4.69) is 27.8 Å². The molecule has 0 unspecified atom stereocenters.